The zero-order valence-electron chi connectivity index (χ0n) is 16.6. The summed E-state index contributed by atoms with van der Waals surface area (Å²) in [5.74, 6) is -1.59. The number of benzene rings is 2. The van der Waals surface area contributed by atoms with E-state index in [4.69, 9.17) is 11.6 Å². The predicted molar refractivity (Wildman–Crippen MR) is 124 cm³/mol. The van der Waals surface area contributed by atoms with Crippen LogP contribution in [-0.2, 0) is 4.79 Å². The van der Waals surface area contributed by atoms with Crippen molar-refractivity contribution < 1.29 is 14.7 Å². The normalized spacial score (nSPS) is 11.1. The zero-order valence-corrected chi connectivity index (χ0v) is 19.0. The highest BCUT2D eigenvalue weighted by molar-refractivity contribution is 9.10. The molecule has 6 nitrogen and oxygen atoms in total. The van der Waals surface area contributed by atoms with Crippen molar-refractivity contribution in [2.45, 2.75) is 13.8 Å². The molecule has 0 aliphatic carbocycles. The van der Waals surface area contributed by atoms with Crippen LogP contribution in [0.25, 0.3) is 11.8 Å². The molecular formula is C23H17BrClN3O3. The smallest absolute Gasteiger partial charge is 0.335 e. The lowest BCUT2D eigenvalue weighted by Crippen LogP contribution is -2.13. The van der Waals surface area contributed by atoms with E-state index in [0.29, 0.717) is 27.7 Å². The van der Waals surface area contributed by atoms with E-state index in [1.54, 1.807) is 22.8 Å². The van der Waals surface area contributed by atoms with Crippen LogP contribution in [0, 0.1) is 25.2 Å². The number of aromatic nitrogens is 1. The topological polar surface area (TPSA) is 95.1 Å². The van der Waals surface area contributed by atoms with Gasteiger partial charge in [0.1, 0.15) is 11.6 Å². The van der Waals surface area contributed by atoms with Gasteiger partial charge in [-0.05, 0) is 68.0 Å². The number of aromatic carboxylic acids is 1. The fourth-order valence-electron chi connectivity index (χ4n) is 3.19. The van der Waals surface area contributed by atoms with E-state index in [-0.39, 0.29) is 11.1 Å². The van der Waals surface area contributed by atoms with Crippen molar-refractivity contribution in [3.05, 3.63) is 86.1 Å². The molecular weight excluding hydrogens is 482 g/mol. The molecule has 8 heteroatoms. The molecule has 2 aromatic carbocycles. The van der Waals surface area contributed by atoms with Crippen LogP contribution in [-0.4, -0.2) is 21.6 Å². The highest BCUT2D eigenvalue weighted by Gasteiger charge is 2.17. The van der Waals surface area contributed by atoms with Gasteiger partial charge >= 0.3 is 5.97 Å². The summed E-state index contributed by atoms with van der Waals surface area (Å²) in [5.41, 5.74) is 3.25. The minimum absolute atomic E-state index is 0.0643. The number of nitriles is 1. The van der Waals surface area contributed by atoms with Crippen molar-refractivity contribution in [1.82, 2.24) is 4.57 Å². The van der Waals surface area contributed by atoms with Crippen molar-refractivity contribution in [2.75, 3.05) is 5.32 Å². The summed E-state index contributed by atoms with van der Waals surface area (Å²) < 4.78 is 2.60. The van der Waals surface area contributed by atoms with Gasteiger partial charge in [0.25, 0.3) is 5.91 Å². The molecule has 0 fully saturated rings. The monoisotopic (exact) mass is 497 g/mol. The summed E-state index contributed by atoms with van der Waals surface area (Å²) in [4.78, 5) is 24.0. The zero-order chi connectivity index (χ0) is 22.7. The first-order valence-corrected chi connectivity index (χ1v) is 10.3. The van der Waals surface area contributed by atoms with Crippen molar-refractivity contribution in [2.24, 2.45) is 0 Å². The summed E-state index contributed by atoms with van der Waals surface area (Å²) in [6.07, 6.45) is 1.50. The Morgan fingerprint density at radius 1 is 1.19 bits per heavy atom. The average molecular weight is 499 g/mol. The van der Waals surface area contributed by atoms with Gasteiger partial charge in [-0.1, -0.05) is 33.6 Å². The quantitative estimate of drug-likeness (QED) is 0.346. The van der Waals surface area contributed by atoms with Crippen LogP contribution in [0.5, 0.6) is 0 Å². The first-order valence-electron chi connectivity index (χ1n) is 9.12. The molecule has 2 N–H and O–H groups in total. The molecule has 3 aromatic rings. The molecule has 156 valence electrons. The second-order valence-electron chi connectivity index (χ2n) is 6.77. The number of carboxylic acid groups (broad SMARTS) is 1. The molecule has 1 amide bonds. The van der Waals surface area contributed by atoms with E-state index in [9.17, 15) is 20.0 Å². The van der Waals surface area contributed by atoms with Gasteiger partial charge < -0.3 is 15.0 Å². The van der Waals surface area contributed by atoms with Crippen LogP contribution in [0.3, 0.4) is 0 Å². The largest absolute Gasteiger partial charge is 0.478 e. The predicted octanol–water partition coefficient (Wildman–Crippen LogP) is 5.75. The van der Waals surface area contributed by atoms with E-state index in [2.05, 4.69) is 21.2 Å². The van der Waals surface area contributed by atoms with Gasteiger partial charge in [-0.25, -0.2) is 4.79 Å². The Labute approximate surface area is 192 Å². The first kappa shape index (κ1) is 22.3. The number of nitrogens with one attached hydrogen (secondary N) is 1. The van der Waals surface area contributed by atoms with Gasteiger partial charge in [0.2, 0.25) is 0 Å². The first-order chi connectivity index (χ1) is 14.7. The van der Waals surface area contributed by atoms with Gasteiger partial charge in [0.15, 0.2) is 0 Å². The molecule has 1 heterocycles. The lowest BCUT2D eigenvalue weighted by atomic mass is 10.1. The van der Waals surface area contributed by atoms with Crippen LogP contribution in [0.1, 0.15) is 27.3 Å². The molecule has 0 saturated carbocycles. The molecule has 1 aromatic heterocycles. The van der Waals surface area contributed by atoms with Crippen molar-refractivity contribution in [1.29, 1.82) is 5.26 Å². The number of anilines is 1. The van der Waals surface area contributed by atoms with E-state index in [0.717, 1.165) is 10.2 Å². The van der Waals surface area contributed by atoms with Crippen LogP contribution >= 0.6 is 27.5 Å². The third kappa shape index (κ3) is 4.88. The number of aryl methyl sites for hydroxylation is 1. The standard InChI is InChI=1S/C23H17BrClN3O3/c1-13-8-16(9-17(12-26)22(29)27-19-5-3-4-18(24)11-19)14(2)28(13)21-10-15(23(30)31)6-7-20(21)25/h3-11H,1-2H3,(H,27,29)(H,30,31). The van der Waals surface area contributed by atoms with Gasteiger partial charge in [-0.15, -0.1) is 0 Å². The lowest BCUT2D eigenvalue weighted by molar-refractivity contribution is -0.112. The number of rotatable bonds is 5. The molecule has 0 aliphatic heterocycles. The number of carboxylic acids is 1. The summed E-state index contributed by atoms with van der Waals surface area (Å²) >= 11 is 9.67. The lowest BCUT2D eigenvalue weighted by Gasteiger charge is -2.12. The van der Waals surface area contributed by atoms with Gasteiger partial charge in [0.05, 0.1) is 16.3 Å². The Morgan fingerprint density at radius 2 is 1.94 bits per heavy atom. The Hall–Kier alpha value is -3.34. The summed E-state index contributed by atoms with van der Waals surface area (Å²) in [5, 5.41) is 21.9. The Morgan fingerprint density at radius 3 is 2.58 bits per heavy atom. The molecule has 0 aliphatic rings. The molecule has 31 heavy (non-hydrogen) atoms. The highest BCUT2D eigenvalue weighted by Crippen LogP contribution is 2.29. The summed E-state index contributed by atoms with van der Waals surface area (Å²) in [6, 6.07) is 15.3. The summed E-state index contributed by atoms with van der Waals surface area (Å²) in [6.45, 7) is 3.64. The van der Waals surface area contributed by atoms with Crippen molar-refractivity contribution in [3.63, 3.8) is 0 Å². The van der Waals surface area contributed by atoms with Crippen LogP contribution in [0.4, 0.5) is 5.69 Å². The fourth-order valence-corrected chi connectivity index (χ4v) is 3.79. The van der Waals surface area contributed by atoms with Crippen LogP contribution in [0.2, 0.25) is 5.02 Å². The van der Waals surface area contributed by atoms with E-state index >= 15 is 0 Å². The molecule has 0 bridgehead atoms. The minimum Gasteiger partial charge on any atom is -0.478 e. The molecule has 0 spiro atoms. The number of amides is 1. The van der Waals surface area contributed by atoms with Crippen LogP contribution < -0.4 is 5.32 Å². The number of halogens is 2. The Balaban J connectivity index is 2.00. The Bertz CT molecular complexity index is 1270. The van der Waals surface area contributed by atoms with Crippen LogP contribution in [0.15, 0.2) is 58.6 Å². The third-order valence-electron chi connectivity index (χ3n) is 4.65. The summed E-state index contributed by atoms with van der Waals surface area (Å²) in [7, 11) is 0. The van der Waals surface area contributed by atoms with Gasteiger partial charge in [-0.3, -0.25) is 4.79 Å². The SMILES string of the molecule is Cc1cc(C=C(C#N)C(=O)Nc2cccc(Br)c2)c(C)n1-c1cc(C(=O)O)ccc1Cl. The van der Waals surface area contributed by atoms with Crippen molar-refractivity contribution in [3.8, 4) is 11.8 Å². The number of nitrogens with zero attached hydrogens (tertiary/aromatic N) is 2. The van der Waals surface area contributed by atoms with E-state index in [1.165, 1.54) is 24.3 Å². The number of carbonyl (C=O) groups excluding carboxylic acids is 1. The maximum Gasteiger partial charge on any atom is 0.335 e. The molecule has 0 radical (unpaired) electrons. The fraction of sp³-hybridized carbons (Fsp3) is 0.0870. The minimum atomic E-state index is -1.06. The molecule has 0 saturated heterocycles. The molecule has 3 rings (SSSR count). The molecule has 0 atom stereocenters. The van der Waals surface area contributed by atoms with E-state index < -0.39 is 11.9 Å². The van der Waals surface area contributed by atoms with Gasteiger partial charge in [-0.2, -0.15) is 5.26 Å². The number of hydrogen-bond donors (Lipinski definition) is 2. The van der Waals surface area contributed by atoms with E-state index in [1.807, 2.05) is 32.0 Å². The maximum atomic E-state index is 12.6. The molecule has 0 unspecified atom stereocenters. The van der Waals surface area contributed by atoms with Gasteiger partial charge in [0, 0.05) is 21.5 Å². The number of carbonyl (C=O) groups is 2. The number of hydrogen-bond acceptors (Lipinski definition) is 3. The second kappa shape index (κ2) is 9.21. The van der Waals surface area contributed by atoms with Crippen molar-refractivity contribution >= 4 is 51.2 Å². The Kier molecular flexibility index (Phi) is 6.64. The average Bonchev–Trinajstić information content (AvgIpc) is 2.99. The third-order valence-corrected chi connectivity index (χ3v) is 5.46. The second-order valence-corrected chi connectivity index (χ2v) is 8.09. The highest BCUT2D eigenvalue weighted by atomic mass is 79.9. The maximum absolute atomic E-state index is 12.6.